The van der Waals surface area contributed by atoms with E-state index in [1.807, 2.05) is 36.4 Å². The number of para-hydroxylation sites is 2. The van der Waals surface area contributed by atoms with Gasteiger partial charge in [-0.3, -0.25) is 9.36 Å². The summed E-state index contributed by atoms with van der Waals surface area (Å²) in [7, 11) is 0. The molecule has 3 aromatic heterocycles. The summed E-state index contributed by atoms with van der Waals surface area (Å²) in [5, 5.41) is 5.11. The number of nitrogens with zero attached hydrogens (tertiary/aromatic N) is 6. The predicted molar refractivity (Wildman–Crippen MR) is 138 cm³/mol. The lowest BCUT2D eigenvalue weighted by atomic mass is 9.87. The number of rotatable bonds is 4. The monoisotopic (exact) mass is 450 g/mol. The van der Waals surface area contributed by atoms with Crippen molar-refractivity contribution in [3.63, 3.8) is 0 Å². The molecule has 5 aromatic rings. The molecule has 7 heteroatoms. The fourth-order valence-corrected chi connectivity index (χ4v) is 4.06. The molecular weight excluding hydrogens is 424 g/mol. The molecule has 0 aliphatic rings. The first-order valence-corrected chi connectivity index (χ1v) is 11.2. The number of aromatic nitrogens is 5. The minimum atomic E-state index is -0.180. The molecule has 0 bridgehead atoms. The highest BCUT2D eigenvalue weighted by atomic mass is 16.1. The van der Waals surface area contributed by atoms with Gasteiger partial charge in [0, 0.05) is 6.54 Å². The predicted octanol–water partition coefficient (Wildman–Crippen LogP) is 4.97. The van der Waals surface area contributed by atoms with Crippen molar-refractivity contribution in [2.45, 2.75) is 39.7 Å². The Kier molecular flexibility index (Phi) is 5.12. The van der Waals surface area contributed by atoms with Crippen LogP contribution in [0, 0.1) is 6.92 Å². The lowest BCUT2D eigenvalue weighted by molar-refractivity contribution is 0.590. The molecule has 0 saturated carbocycles. The molecule has 3 heterocycles. The maximum Gasteiger partial charge on any atom is 0.265 e. The first-order chi connectivity index (χ1) is 16.3. The average Bonchev–Trinajstić information content (AvgIpc) is 3.10. The van der Waals surface area contributed by atoms with E-state index in [0.29, 0.717) is 40.1 Å². The van der Waals surface area contributed by atoms with Gasteiger partial charge in [-0.1, -0.05) is 63.2 Å². The third-order valence-corrected chi connectivity index (χ3v) is 5.94. The van der Waals surface area contributed by atoms with E-state index in [2.05, 4.69) is 39.5 Å². The topological polar surface area (TPSA) is 78.0 Å². The number of allylic oxidation sites excluding steroid dienone is 1. The average molecular weight is 451 g/mol. The summed E-state index contributed by atoms with van der Waals surface area (Å²) in [5.41, 5.74) is 4.95. The van der Waals surface area contributed by atoms with E-state index in [9.17, 15) is 4.79 Å². The van der Waals surface area contributed by atoms with E-state index in [1.54, 1.807) is 28.5 Å². The SMILES string of the molecule is C=CCn1c(C)nc2c(c1=O)c1nc3ccccc3nc1n2N=Cc1ccc(C(C)(C)C)cc1. The molecule has 7 nitrogen and oxygen atoms in total. The van der Waals surface area contributed by atoms with Crippen molar-refractivity contribution >= 4 is 39.4 Å². The fraction of sp³-hybridized carbons (Fsp3) is 0.222. The Labute approximate surface area is 197 Å². The first-order valence-electron chi connectivity index (χ1n) is 11.2. The van der Waals surface area contributed by atoms with Crippen LogP contribution in [0.25, 0.3) is 33.2 Å². The number of fused-ring (bicyclic) bond motifs is 4. The third kappa shape index (κ3) is 3.59. The van der Waals surface area contributed by atoms with Crippen LogP contribution in [0.2, 0.25) is 0 Å². The van der Waals surface area contributed by atoms with Gasteiger partial charge in [0.25, 0.3) is 5.56 Å². The van der Waals surface area contributed by atoms with E-state index in [4.69, 9.17) is 20.1 Å². The quantitative estimate of drug-likeness (QED) is 0.286. The number of hydrogen-bond donors (Lipinski definition) is 0. The molecule has 0 unspecified atom stereocenters. The molecular formula is C27H26N6O. The molecule has 0 atom stereocenters. The zero-order chi connectivity index (χ0) is 24.0. The van der Waals surface area contributed by atoms with Crippen LogP contribution in [-0.4, -0.2) is 30.4 Å². The summed E-state index contributed by atoms with van der Waals surface area (Å²) in [5.74, 6) is 0.579. The van der Waals surface area contributed by atoms with Crippen LogP contribution < -0.4 is 5.56 Å². The van der Waals surface area contributed by atoms with E-state index >= 15 is 0 Å². The molecule has 170 valence electrons. The van der Waals surface area contributed by atoms with E-state index in [1.165, 1.54) is 5.56 Å². The second-order valence-electron chi connectivity index (χ2n) is 9.37. The zero-order valence-corrected chi connectivity index (χ0v) is 19.8. The van der Waals surface area contributed by atoms with Gasteiger partial charge in [0.1, 0.15) is 16.7 Å². The van der Waals surface area contributed by atoms with Crippen molar-refractivity contribution in [1.82, 2.24) is 24.2 Å². The van der Waals surface area contributed by atoms with Crippen molar-refractivity contribution in [2.24, 2.45) is 5.10 Å². The maximum absolute atomic E-state index is 13.5. The summed E-state index contributed by atoms with van der Waals surface area (Å²) in [4.78, 5) is 27.8. The smallest absolute Gasteiger partial charge is 0.265 e. The molecule has 34 heavy (non-hydrogen) atoms. The molecule has 0 fully saturated rings. The van der Waals surface area contributed by atoms with Crippen LogP contribution in [0.1, 0.15) is 37.7 Å². The van der Waals surface area contributed by atoms with Crippen molar-refractivity contribution < 1.29 is 0 Å². The zero-order valence-electron chi connectivity index (χ0n) is 19.8. The van der Waals surface area contributed by atoms with Gasteiger partial charge in [-0.05, 0) is 35.6 Å². The largest absolute Gasteiger partial charge is 0.292 e. The van der Waals surface area contributed by atoms with E-state index in [0.717, 1.165) is 11.1 Å². The molecule has 2 aromatic carbocycles. The van der Waals surface area contributed by atoms with Crippen LogP contribution in [0.5, 0.6) is 0 Å². The molecule has 0 spiro atoms. The molecule has 0 aliphatic carbocycles. The minimum absolute atomic E-state index is 0.0753. The van der Waals surface area contributed by atoms with Gasteiger partial charge in [-0.15, -0.1) is 6.58 Å². The standard InChI is InChI=1S/C27H26N6O/c1-6-15-32-17(2)29-24-22(26(32)34)23-25(31-21-10-8-7-9-20(21)30-23)33(24)28-16-18-11-13-19(14-12-18)27(3,4)5/h6-14,16H,1,15H2,2-5H3. The fourth-order valence-electron chi connectivity index (χ4n) is 4.06. The van der Waals surface area contributed by atoms with Crippen LogP contribution in [-0.2, 0) is 12.0 Å². The molecule has 5 rings (SSSR count). The van der Waals surface area contributed by atoms with Crippen LogP contribution >= 0.6 is 0 Å². The van der Waals surface area contributed by atoms with Gasteiger partial charge < -0.3 is 0 Å². The summed E-state index contributed by atoms with van der Waals surface area (Å²) >= 11 is 0. The molecule has 0 aliphatic heterocycles. The van der Waals surface area contributed by atoms with Crippen molar-refractivity contribution in [2.75, 3.05) is 0 Å². The normalized spacial score (nSPS) is 12.4. The lowest BCUT2D eigenvalue weighted by Gasteiger charge is -2.18. The molecule has 0 amide bonds. The molecule has 0 N–H and O–H groups in total. The third-order valence-electron chi connectivity index (χ3n) is 5.94. The molecule has 0 radical (unpaired) electrons. The Bertz CT molecular complexity index is 1650. The highest BCUT2D eigenvalue weighted by Crippen LogP contribution is 2.26. The molecule has 0 saturated heterocycles. The minimum Gasteiger partial charge on any atom is -0.292 e. The van der Waals surface area contributed by atoms with Gasteiger partial charge in [-0.25, -0.2) is 15.0 Å². The van der Waals surface area contributed by atoms with Gasteiger partial charge >= 0.3 is 0 Å². The highest BCUT2D eigenvalue weighted by molar-refractivity contribution is 6.05. The van der Waals surface area contributed by atoms with Crippen LogP contribution in [0.15, 0.2) is 71.1 Å². The Morgan fingerprint density at radius 2 is 1.65 bits per heavy atom. The van der Waals surface area contributed by atoms with E-state index < -0.39 is 0 Å². The summed E-state index contributed by atoms with van der Waals surface area (Å²) < 4.78 is 3.21. The van der Waals surface area contributed by atoms with Crippen LogP contribution in [0.4, 0.5) is 0 Å². The summed E-state index contributed by atoms with van der Waals surface area (Å²) in [6.07, 6.45) is 3.44. The second kappa shape index (κ2) is 8.02. The summed E-state index contributed by atoms with van der Waals surface area (Å²) in [6, 6.07) is 15.9. The maximum atomic E-state index is 13.5. The van der Waals surface area contributed by atoms with Crippen molar-refractivity contribution in [1.29, 1.82) is 0 Å². The Morgan fingerprint density at radius 3 is 2.29 bits per heavy atom. The van der Waals surface area contributed by atoms with Crippen molar-refractivity contribution in [3.05, 3.63) is 88.5 Å². The second-order valence-corrected chi connectivity index (χ2v) is 9.37. The van der Waals surface area contributed by atoms with Gasteiger partial charge in [-0.2, -0.15) is 9.78 Å². The Morgan fingerprint density at radius 1 is 0.971 bits per heavy atom. The number of aryl methyl sites for hydroxylation is 1. The lowest BCUT2D eigenvalue weighted by Crippen LogP contribution is -2.23. The van der Waals surface area contributed by atoms with Crippen molar-refractivity contribution in [3.8, 4) is 0 Å². The number of benzene rings is 2. The van der Waals surface area contributed by atoms with Crippen LogP contribution in [0.3, 0.4) is 0 Å². The summed E-state index contributed by atoms with van der Waals surface area (Å²) in [6.45, 7) is 12.5. The first kappa shape index (κ1) is 21.7. The van der Waals surface area contributed by atoms with Gasteiger partial charge in [0.2, 0.25) is 0 Å². The number of hydrogen-bond acceptors (Lipinski definition) is 5. The van der Waals surface area contributed by atoms with E-state index in [-0.39, 0.29) is 11.0 Å². The Hall–Kier alpha value is -4.13. The van der Waals surface area contributed by atoms with Gasteiger partial charge in [0.05, 0.1) is 17.2 Å². The Balaban J connectivity index is 1.77. The highest BCUT2D eigenvalue weighted by Gasteiger charge is 2.21. The van der Waals surface area contributed by atoms with Gasteiger partial charge in [0.15, 0.2) is 11.3 Å².